The van der Waals surface area contributed by atoms with Crippen LogP contribution in [0.1, 0.15) is 22.0 Å². The maximum Gasteiger partial charge on any atom is 0.256 e. The van der Waals surface area contributed by atoms with Crippen LogP contribution in [0.5, 0.6) is 0 Å². The van der Waals surface area contributed by atoms with Crippen LogP contribution >= 0.6 is 23.2 Å². The van der Waals surface area contributed by atoms with Gasteiger partial charge >= 0.3 is 0 Å². The normalized spacial score (nSPS) is 17.4. The minimum Gasteiger partial charge on any atom is -0.370 e. The summed E-state index contributed by atoms with van der Waals surface area (Å²) in [7, 11) is -3.55. The number of para-hydroxylation sites is 1. The van der Waals surface area contributed by atoms with Crippen molar-refractivity contribution < 1.29 is 22.3 Å². The maximum atomic E-state index is 13.9. The summed E-state index contributed by atoms with van der Waals surface area (Å²) >= 11 is 11.9. The van der Waals surface area contributed by atoms with Crippen molar-refractivity contribution in [3.05, 3.63) is 63.4 Å². The van der Waals surface area contributed by atoms with Crippen LogP contribution in [0.25, 0.3) is 0 Å². The predicted molar refractivity (Wildman–Crippen MR) is 106 cm³/mol. The van der Waals surface area contributed by atoms with E-state index in [1.165, 1.54) is 29.2 Å². The standard InChI is InChI=1S/C18H17Cl2FN2O4S/c1-28(25,26)22-16-5-3-2-4-11(16)18(24)23-6-7-27-17(10-23)12-8-15(21)14(20)9-13(12)19/h2-5,8-9,17,22H,6-7,10H2,1H3/t17-/m0/s1. The maximum absolute atomic E-state index is 13.9. The minimum absolute atomic E-state index is 0.0988. The number of rotatable bonds is 4. The van der Waals surface area contributed by atoms with Crippen LogP contribution < -0.4 is 4.72 Å². The zero-order valence-corrected chi connectivity index (χ0v) is 17.1. The predicted octanol–water partition coefficient (Wildman–Crippen LogP) is 3.72. The highest BCUT2D eigenvalue weighted by Crippen LogP contribution is 2.33. The van der Waals surface area contributed by atoms with E-state index in [9.17, 15) is 17.6 Å². The lowest BCUT2D eigenvalue weighted by Crippen LogP contribution is -2.42. The molecule has 1 aliphatic heterocycles. The summed E-state index contributed by atoms with van der Waals surface area (Å²) in [5.41, 5.74) is 0.791. The van der Waals surface area contributed by atoms with Crippen LogP contribution in [0.4, 0.5) is 10.1 Å². The minimum atomic E-state index is -3.55. The van der Waals surface area contributed by atoms with Crippen LogP contribution in [-0.2, 0) is 14.8 Å². The highest BCUT2D eigenvalue weighted by atomic mass is 35.5. The molecular weight excluding hydrogens is 430 g/mol. The van der Waals surface area contributed by atoms with Gasteiger partial charge in [-0.3, -0.25) is 9.52 Å². The first-order valence-electron chi connectivity index (χ1n) is 8.28. The molecule has 2 aromatic carbocycles. The summed E-state index contributed by atoms with van der Waals surface area (Å²) < 4.78 is 45.0. The van der Waals surface area contributed by atoms with E-state index < -0.39 is 21.9 Å². The van der Waals surface area contributed by atoms with Gasteiger partial charge in [0.2, 0.25) is 10.0 Å². The fourth-order valence-corrected chi connectivity index (χ4v) is 4.02. The smallest absolute Gasteiger partial charge is 0.256 e. The van der Waals surface area contributed by atoms with Gasteiger partial charge in [0, 0.05) is 17.1 Å². The molecule has 0 spiro atoms. The van der Waals surface area contributed by atoms with E-state index >= 15 is 0 Å². The quantitative estimate of drug-likeness (QED) is 0.726. The first-order valence-corrected chi connectivity index (χ1v) is 10.9. The van der Waals surface area contributed by atoms with Crippen LogP contribution in [0.3, 0.4) is 0 Å². The number of morpholine rings is 1. The molecule has 0 bridgehead atoms. The summed E-state index contributed by atoms with van der Waals surface area (Å²) in [4.78, 5) is 14.5. The molecule has 0 saturated carbocycles. The summed E-state index contributed by atoms with van der Waals surface area (Å²) in [6, 6.07) is 8.81. The van der Waals surface area contributed by atoms with Gasteiger partial charge in [-0.15, -0.1) is 0 Å². The average Bonchev–Trinajstić information content (AvgIpc) is 2.63. The molecule has 0 unspecified atom stereocenters. The number of anilines is 1. The van der Waals surface area contributed by atoms with Gasteiger partial charge < -0.3 is 9.64 Å². The van der Waals surface area contributed by atoms with Crippen molar-refractivity contribution in [2.45, 2.75) is 6.10 Å². The number of nitrogens with one attached hydrogen (secondary N) is 1. The summed E-state index contributed by atoms with van der Waals surface area (Å²) in [6.45, 7) is 0.654. The molecular formula is C18H17Cl2FN2O4S. The largest absolute Gasteiger partial charge is 0.370 e. The first kappa shape index (κ1) is 20.9. The van der Waals surface area contributed by atoms with E-state index in [0.29, 0.717) is 12.1 Å². The molecule has 1 fully saturated rings. The van der Waals surface area contributed by atoms with E-state index in [1.807, 2.05) is 0 Å². The molecule has 1 atom stereocenters. The van der Waals surface area contributed by atoms with E-state index in [2.05, 4.69) is 4.72 Å². The highest BCUT2D eigenvalue weighted by molar-refractivity contribution is 7.92. The number of halogens is 3. The van der Waals surface area contributed by atoms with Crippen molar-refractivity contribution in [1.82, 2.24) is 4.90 Å². The zero-order valence-electron chi connectivity index (χ0n) is 14.8. The molecule has 0 radical (unpaired) electrons. The Kier molecular flexibility index (Phi) is 6.14. The lowest BCUT2D eigenvalue weighted by atomic mass is 10.1. The molecule has 0 aliphatic carbocycles. The Morgan fingerprint density at radius 1 is 1.25 bits per heavy atom. The number of hydrogen-bond donors (Lipinski definition) is 1. The Balaban J connectivity index is 1.86. The number of carbonyl (C=O) groups is 1. The molecule has 10 heteroatoms. The number of benzene rings is 2. The Hall–Kier alpha value is -1.87. The van der Waals surface area contributed by atoms with Crippen molar-refractivity contribution in [2.24, 2.45) is 0 Å². The van der Waals surface area contributed by atoms with E-state index in [1.54, 1.807) is 12.1 Å². The zero-order chi connectivity index (χ0) is 20.5. The van der Waals surface area contributed by atoms with Crippen molar-refractivity contribution in [3.8, 4) is 0 Å². The highest BCUT2D eigenvalue weighted by Gasteiger charge is 2.29. The summed E-state index contributed by atoms with van der Waals surface area (Å²) in [5, 5.41) is 0.142. The Morgan fingerprint density at radius 3 is 2.68 bits per heavy atom. The molecule has 1 N–H and O–H groups in total. The summed E-state index contributed by atoms with van der Waals surface area (Å²) in [6.07, 6.45) is 0.378. The Labute approximate surface area is 172 Å². The number of nitrogens with zero attached hydrogens (tertiary/aromatic N) is 1. The molecule has 1 aliphatic rings. The molecule has 2 aromatic rings. The Morgan fingerprint density at radius 2 is 1.96 bits per heavy atom. The van der Waals surface area contributed by atoms with Gasteiger partial charge in [-0.1, -0.05) is 35.3 Å². The monoisotopic (exact) mass is 446 g/mol. The van der Waals surface area contributed by atoms with Crippen LogP contribution in [-0.4, -0.2) is 45.2 Å². The number of hydrogen-bond acceptors (Lipinski definition) is 4. The van der Waals surface area contributed by atoms with Gasteiger partial charge in [-0.25, -0.2) is 12.8 Å². The molecule has 1 amide bonds. The number of carbonyl (C=O) groups excluding carboxylic acids is 1. The van der Waals surface area contributed by atoms with Gasteiger partial charge in [0.15, 0.2) is 0 Å². The molecule has 1 saturated heterocycles. The SMILES string of the molecule is CS(=O)(=O)Nc1ccccc1C(=O)N1CCO[C@H](c2cc(F)c(Cl)cc2Cl)C1. The topological polar surface area (TPSA) is 75.7 Å². The lowest BCUT2D eigenvalue weighted by molar-refractivity contribution is -0.0228. The average molecular weight is 447 g/mol. The van der Waals surface area contributed by atoms with Crippen molar-refractivity contribution in [1.29, 1.82) is 0 Å². The first-order chi connectivity index (χ1) is 13.2. The Bertz CT molecular complexity index is 1020. The third kappa shape index (κ3) is 4.75. The van der Waals surface area contributed by atoms with Gasteiger partial charge in [0.05, 0.1) is 35.7 Å². The number of ether oxygens (including phenoxy) is 1. The van der Waals surface area contributed by atoms with Crippen molar-refractivity contribution in [3.63, 3.8) is 0 Å². The van der Waals surface area contributed by atoms with Crippen LogP contribution in [0.2, 0.25) is 10.0 Å². The second-order valence-electron chi connectivity index (χ2n) is 6.32. The molecule has 3 rings (SSSR count). The lowest BCUT2D eigenvalue weighted by Gasteiger charge is -2.34. The summed E-state index contributed by atoms with van der Waals surface area (Å²) in [5.74, 6) is -0.999. The van der Waals surface area contributed by atoms with E-state index in [-0.39, 0.29) is 40.4 Å². The fraction of sp³-hybridized carbons (Fsp3) is 0.278. The van der Waals surface area contributed by atoms with Gasteiger partial charge in [0.25, 0.3) is 5.91 Å². The molecule has 0 aromatic heterocycles. The molecule has 28 heavy (non-hydrogen) atoms. The third-order valence-corrected chi connectivity index (χ3v) is 5.40. The molecule has 1 heterocycles. The van der Waals surface area contributed by atoms with Crippen LogP contribution in [0, 0.1) is 5.82 Å². The van der Waals surface area contributed by atoms with Gasteiger partial charge in [0.1, 0.15) is 11.9 Å². The van der Waals surface area contributed by atoms with E-state index in [0.717, 1.165) is 6.26 Å². The van der Waals surface area contributed by atoms with Crippen molar-refractivity contribution in [2.75, 3.05) is 30.7 Å². The molecule has 6 nitrogen and oxygen atoms in total. The number of sulfonamides is 1. The second-order valence-corrected chi connectivity index (χ2v) is 8.88. The number of amides is 1. The second kappa shape index (κ2) is 8.24. The van der Waals surface area contributed by atoms with Gasteiger partial charge in [-0.05, 0) is 24.3 Å². The fourth-order valence-electron chi connectivity index (χ4n) is 2.94. The van der Waals surface area contributed by atoms with Gasteiger partial charge in [-0.2, -0.15) is 0 Å². The van der Waals surface area contributed by atoms with Crippen LogP contribution in [0.15, 0.2) is 36.4 Å². The molecule has 150 valence electrons. The third-order valence-electron chi connectivity index (χ3n) is 4.19. The van der Waals surface area contributed by atoms with Crippen molar-refractivity contribution >= 4 is 44.8 Å². The van der Waals surface area contributed by atoms with E-state index in [4.69, 9.17) is 27.9 Å².